The quantitative estimate of drug-likeness (QED) is 0.0322. The van der Waals surface area contributed by atoms with E-state index in [9.17, 15) is 38.4 Å². The summed E-state index contributed by atoms with van der Waals surface area (Å²) < 4.78 is 0. The maximum Gasteiger partial charge on any atom is 1.00 e. The van der Waals surface area contributed by atoms with Crippen LogP contribution in [0.2, 0.25) is 45.2 Å². The minimum absolute atomic E-state index is 0. The number of likely N-dealkylation sites (N-methyl/N-ethyl adjacent to an activating group) is 1. The number of rotatable bonds is 15. The number of carboxylic acids is 2. The first-order valence-corrected chi connectivity index (χ1v) is 42.3. The number of hydrogen-bond acceptors (Lipinski definition) is 20. The van der Waals surface area contributed by atoms with Crippen molar-refractivity contribution < 1.29 is 142 Å². The Hall–Kier alpha value is -5.49. The van der Waals surface area contributed by atoms with Crippen LogP contribution >= 0.6 is 104 Å². The van der Waals surface area contributed by atoms with E-state index in [1.54, 1.807) is 6.07 Å². The van der Waals surface area contributed by atoms with Gasteiger partial charge in [0.15, 0.2) is 0 Å². The van der Waals surface area contributed by atoms with E-state index >= 15 is 0 Å². The van der Waals surface area contributed by atoms with Gasteiger partial charge in [0, 0.05) is 145 Å². The molecule has 0 unspecified atom stereocenters. The van der Waals surface area contributed by atoms with Gasteiger partial charge >= 0.3 is 83.0 Å². The van der Waals surface area contributed by atoms with Crippen molar-refractivity contribution in [3.05, 3.63) is 206 Å². The van der Waals surface area contributed by atoms with Gasteiger partial charge < -0.3 is 51.1 Å². The Morgan fingerprint density at radius 3 is 0.927 bits per heavy atom. The first kappa shape index (κ1) is 118. The zero-order valence-electron chi connectivity index (χ0n) is 71.8. The van der Waals surface area contributed by atoms with Crippen molar-refractivity contribution in [1.29, 1.82) is 0 Å². The van der Waals surface area contributed by atoms with Crippen LogP contribution in [0.25, 0.3) is 0 Å². The zero-order valence-corrected chi connectivity index (χ0v) is 82.6. The molecule has 0 bridgehead atoms. The Bertz CT molecular complexity index is 4320. The van der Waals surface area contributed by atoms with Crippen LogP contribution in [0.5, 0.6) is 0 Å². The van der Waals surface area contributed by atoms with E-state index < -0.39 is 52.4 Å². The van der Waals surface area contributed by atoms with Crippen molar-refractivity contribution in [3.8, 4) is 0 Å². The summed E-state index contributed by atoms with van der Waals surface area (Å²) in [5.41, 5.74) is 11.6. The van der Waals surface area contributed by atoms with Gasteiger partial charge in [0.2, 0.25) is 17.7 Å². The SMILES string of the molecule is CC(=O)OOC(C)=O.CC(=O)OOC(C)=O.CC(=O)[O-].CC(=O)[O-].CC=O.CCC=O.CCCN(CCC)[C@@]12CC[C@@H](c3ccc(Cl)cc3Cl)[C@H](c3ccc(Cl)cc3)[C@@H]1CNC2=O.CCN(CC)[C@@]12CC[C@@H](c3ccc(Cl)cc3Cl)[C@H](c3ccc(Cl)cc3)[C@@H]1CNC2=O.N[C@@]12CC[C@@H](c3ccc(Cl)cc3Cl)[C@H](c3ccc(Cl)cc3)[C@@H]1CNC2=O.[B].[B].[Na+].[Na+]. The molecule has 656 valence electrons. The largest absolute Gasteiger partial charge is 1.00 e. The van der Waals surface area contributed by atoms with Gasteiger partial charge in [0.25, 0.3) is 0 Å². The maximum absolute atomic E-state index is 13.5. The fourth-order valence-corrected chi connectivity index (χ4v) is 18.9. The molecule has 3 aliphatic carbocycles. The second kappa shape index (κ2) is 58.1. The summed E-state index contributed by atoms with van der Waals surface area (Å²) in [6, 6.07) is 41.3. The monoisotopic (exact) mass is 1890 g/mol. The first-order valence-electron chi connectivity index (χ1n) is 38.9. The summed E-state index contributed by atoms with van der Waals surface area (Å²) in [5, 5.41) is 33.2. The topological polar surface area (TPSA) is 339 Å². The fraction of sp³-hybridized carbons (Fsp3) is 0.460. The van der Waals surface area contributed by atoms with Crippen molar-refractivity contribution in [2.24, 2.45) is 23.5 Å². The Balaban J connectivity index is 0.00000153. The van der Waals surface area contributed by atoms with Gasteiger partial charge in [-0.2, -0.15) is 0 Å². The van der Waals surface area contributed by atoms with Gasteiger partial charge in [-0.25, -0.2) is 38.7 Å². The number of carbonyl (C=O) groups is 11. The smallest absolute Gasteiger partial charge is 0.550 e. The molecule has 5 N–H and O–H groups in total. The van der Waals surface area contributed by atoms with Crippen molar-refractivity contribution in [2.75, 3.05) is 45.8 Å². The maximum atomic E-state index is 13.5. The number of aldehydes is 2. The van der Waals surface area contributed by atoms with Crippen LogP contribution in [0.4, 0.5) is 0 Å². The normalized spacial score (nSPS) is 22.3. The Morgan fingerprint density at radius 2 is 0.675 bits per heavy atom. The van der Waals surface area contributed by atoms with Gasteiger partial charge in [0.1, 0.15) is 29.2 Å². The van der Waals surface area contributed by atoms with Gasteiger partial charge in [-0.15, -0.1) is 0 Å². The number of aliphatic carboxylic acids is 2. The van der Waals surface area contributed by atoms with E-state index in [-0.39, 0.29) is 147 Å². The molecule has 0 spiro atoms. The average Bonchev–Trinajstić information content (AvgIpc) is 1.61. The third-order valence-corrected chi connectivity index (χ3v) is 23.6. The number of nitrogens with one attached hydrogen (secondary N) is 3. The Kier molecular flexibility index (Phi) is 55.5. The van der Waals surface area contributed by atoms with E-state index in [1.807, 2.05) is 97.9 Å². The summed E-state index contributed by atoms with van der Waals surface area (Å²) >= 11 is 56.9. The number of nitrogens with zero attached hydrogens (tertiary/aromatic N) is 2. The van der Waals surface area contributed by atoms with Crippen molar-refractivity contribution in [3.63, 3.8) is 0 Å². The summed E-state index contributed by atoms with van der Waals surface area (Å²) in [6.07, 6.45) is 9.17. The minimum Gasteiger partial charge on any atom is -0.550 e. The summed E-state index contributed by atoms with van der Waals surface area (Å²) in [7, 11) is 0. The summed E-state index contributed by atoms with van der Waals surface area (Å²) in [6.45, 7) is 23.9. The molecule has 3 amide bonds. The molecule has 0 aromatic heterocycles. The molecular weight excluding hydrogens is 1790 g/mol. The molecule has 3 saturated heterocycles. The van der Waals surface area contributed by atoms with E-state index in [0.29, 0.717) is 72.7 Å². The van der Waals surface area contributed by atoms with E-state index in [1.165, 1.54) is 18.1 Å². The van der Waals surface area contributed by atoms with Crippen LogP contribution in [0.15, 0.2) is 127 Å². The molecule has 6 fully saturated rings. The van der Waals surface area contributed by atoms with Crippen LogP contribution in [-0.2, 0) is 72.3 Å². The van der Waals surface area contributed by atoms with Crippen LogP contribution in [0, 0.1) is 17.8 Å². The summed E-state index contributed by atoms with van der Waals surface area (Å²) in [4.78, 5) is 134. The van der Waals surface area contributed by atoms with E-state index in [2.05, 4.69) is 103 Å². The predicted octanol–water partition coefficient (Wildman–Crippen LogP) is 9.42. The van der Waals surface area contributed by atoms with Crippen LogP contribution in [-0.4, -0.2) is 155 Å². The van der Waals surface area contributed by atoms with Crippen LogP contribution in [0.3, 0.4) is 0 Å². The first-order chi connectivity index (χ1) is 56.3. The average molecular weight is 1890 g/mol. The third-order valence-electron chi connectivity index (χ3n) is 21.1. The van der Waals surface area contributed by atoms with Crippen molar-refractivity contribution in [2.45, 2.75) is 193 Å². The molecule has 3 heterocycles. The third kappa shape index (κ3) is 33.5. The van der Waals surface area contributed by atoms with Gasteiger partial charge in [-0.3, -0.25) is 24.2 Å². The molecule has 6 aromatic rings. The van der Waals surface area contributed by atoms with E-state index in [4.69, 9.17) is 135 Å². The molecule has 23 nitrogen and oxygen atoms in total. The second-order valence-electron chi connectivity index (χ2n) is 28.8. The van der Waals surface area contributed by atoms with Crippen molar-refractivity contribution in [1.82, 2.24) is 25.8 Å². The van der Waals surface area contributed by atoms with Crippen LogP contribution in [0.1, 0.15) is 210 Å². The number of halogens is 9. The predicted molar refractivity (Wildman–Crippen MR) is 473 cm³/mol. The molecule has 3 saturated carbocycles. The van der Waals surface area contributed by atoms with Crippen LogP contribution < -0.4 is 91.0 Å². The molecule has 36 heteroatoms. The van der Waals surface area contributed by atoms with Gasteiger partial charge in [-0.05, 0) is 240 Å². The molecule has 6 aromatic carbocycles. The number of benzene rings is 6. The molecule has 123 heavy (non-hydrogen) atoms. The number of hydrogen-bond donors (Lipinski definition) is 4. The molecule has 12 atom stereocenters. The minimum atomic E-state index is -1.08. The van der Waals surface area contributed by atoms with Gasteiger partial charge in [0.05, 0.1) is 0 Å². The number of nitrogens with two attached hydrogens (primary N) is 1. The number of carbonyl (C=O) groups excluding carboxylic acids is 11. The molecule has 6 radical (unpaired) electrons. The standard InChI is InChI=1S/C26H31Cl3N2O.C24H27Cl3N2O.C20H19Cl3N2O.2C4H6O4.C3H6O.2C2H4O2.C2H4O.2B.2Na/c1-3-13-31(14-4-2)26-12-11-21(20-10-9-19(28)15-23(20)29)24(22(26)16-30-25(26)32)17-5-7-18(27)8-6-17;1-3-29(4-2)24-12-11-19(18-10-9-17(26)13-21(18)27)22(20(24)14-28-23(24)30)15-5-7-16(25)8-6-15;21-12-3-1-11(2-4-12)18-15(14-6-5-13(22)9-17(14)23)7-8-20(24)16(18)10-25-19(20)26;2*1-3(5)7-8-4(2)6;1-2-3-4;2*1-2(3)4;1-2-3;;;;/h5-10,15,21-22,24H,3-4,11-14,16H2,1-2H3,(H,30,32);5-10,13,19-20,22H,3-4,11-12,14H2,1-2H3,(H,28,30);1-6,9,15-16,18H,7-8,10,24H2,(H,25,26);2*1-2H3;3H,2H2,1H3;2*1H3,(H,3,4);2H,1H3;;;;/q;;;;;;;;;;;2*+1/p-2/t21-,22-,24-,26-;19-,20-,22-,24-;15-,16-,18-,20-;;;;;;;;;;/m000........../s1. The number of fused-ring (bicyclic) bond motifs is 3. The Morgan fingerprint density at radius 1 is 0.431 bits per heavy atom. The van der Waals surface area contributed by atoms with Gasteiger partial charge in [-0.1, -0.05) is 194 Å². The number of amides is 3. The zero-order chi connectivity index (χ0) is 89.2. The molecule has 12 rings (SSSR count). The fourth-order valence-electron chi connectivity index (χ4n) is 16.9. The second-order valence-corrected chi connectivity index (χ2v) is 32.6. The molecule has 6 aliphatic rings. The Labute approximate surface area is 815 Å². The van der Waals surface area contributed by atoms with Crippen molar-refractivity contribution >= 4 is 187 Å². The molecular formula is C87H105B2Cl9N6Na2O17. The summed E-state index contributed by atoms with van der Waals surface area (Å²) in [5.74, 6) is -3.18. The van der Waals surface area contributed by atoms with E-state index in [0.717, 1.165) is 153 Å². The molecule has 3 aliphatic heterocycles. The number of carboxylic acid groups (broad SMARTS) is 2.